The molecule has 4 nitrogen and oxygen atoms in total. The number of quaternary nitrogens is 2. The van der Waals surface area contributed by atoms with Crippen molar-refractivity contribution in [1.29, 1.82) is 0 Å². The normalized spacial score (nSPS) is 46.5. The molecule has 4 aliphatic rings. The van der Waals surface area contributed by atoms with Crippen LogP contribution in [0.3, 0.4) is 0 Å². The van der Waals surface area contributed by atoms with Crippen molar-refractivity contribution in [1.82, 2.24) is 4.98 Å². The number of aromatic amines is 1. The minimum atomic E-state index is -0.142. The number of piperidine rings is 2. The Morgan fingerprint density at radius 2 is 1.64 bits per heavy atom. The number of para-hydroxylation sites is 1. The average Bonchev–Trinajstić information content (AvgIpc) is 2.87. The first-order valence-corrected chi connectivity index (χ1v) is 8.43. The Balaban J connectivity index is 1.62. The van der Waals surface area contributed by atoms with E-state index in [1.165, 1.54) is 16.5 Å². The maximum Gasteiger partial charge on any atom is 0.242 e. The Labute approximate surface area is 130 Å². The first-order chi connectivity index (χ1) is 10.5. The van der Waals surface area contributed by atoms with E-state index in [4.69, 9.17) is 0 Å². The van der Waals surface area contributed by atoms with Crippen LogP contribution in [0.15, 0.2) is 30.5 Å². The number of benzene rings is 1. The molecule has 4 saturated heterocycles. The molecule has 4 aliphatic heterocycles. The van der Waals surface area contributed by atoms with E-state index in [1.807, 2.05) is 0 Å². The lowest BCUT2D eigenvalue weighted by molar-refractivity contribution is -1.19. The lowest BCUT2D eigenvalue weighted by Gasteiger charge is -2.62. The van der Waals surface area contributed by atoms with E-state index in [2.05, 4.69) is 49.3 Å². The SMILES string of the molecule is CC12C[NH+]3CC(C)(C[NH+](C1)C3c1c[nH]c3ccccc13)C2O. The van der Waals surface area contributed by atoms with Gasteiger partial charge in [0, 0.05) is 17.1 Å². The second kappa shape index (κ2) is 3.94. The van der Waals surface area contributed by atoms with Gasteiger partial charge in [0.1, 0.15) is 0 Å². The third kappa shape index (κ3) is 1.48. The zero-order valence-corrected chi connectivity index (χ0v) is 13.3. The van der Waals surface area contributed by atoms with Gasteiger partial charge in [-0.3, -0.25) is 9.80 Å². The summed E-state index contributed by atoms with van der Waals surface area (Å²) in [5.41, 5.74) is 2.86. The molecular weight excluding hydrogens is 274 g/mol. The number of hydrogen-bond acceptors (Lipinski definition) is 1. The van der Waals surface area contributed by atoms with Gasteiger partial charge in [-0.15, -0.1) is 0 Å². The molecule has 0 amide bonds. The highest BCUT2D eigenvalue weighted by Gasteiger charge is 2.68. The lowest BCUT2D eigenvalue weighted by atomic mass is 9.60. The van der Waals surface area contributed by atoms with Gasteiger partial charge >= 0.3 is 0 Å². The van der Waals surface area contributed by atoms with Gasteiger partial charge in [0.2, 0.25) is 6.17 Å². The number of H-pyrrole nitrogens is 1. The second-order valence-electron chi connectivity index (χ2n) is 8.46. The molecule has 4 bridgehead atoms. The molecule has 0 spiro atoms. The van der Waals surface area contributed by atoms with Crippen molar-refractivity contribution in [2.75, 3.05) is 26.2 Å². The highest BCUT2D eigenvalue weighted by atomic mass is 16.3. The maximum absolute atomic E-state index is 10.8. The molecule has 116 valence electrons. The molecule has 5 heterocycles. The molecule has 22 heavy (non-hydrogen) atoms. The van der Waals surface area contributed by atoms with Crippen molar-refractivity contribution in [2.24, 2.45) is 10.8 Å². The summed E-state index contributed by atoms with van der Waals surface area (Å²) in [5.74, 6) is 0. The van der Waals surface area contributed by atoms with Crippen LogP contribution in [0.4, 0.5) is 0 Å². The van der Waals surface area contributed by atoms with Crippen LogP contribution in [0.5, 0.6) is 0 Å². The third-order valence-electron chi connectivity index (χ3n) is 6.59. The summed E-state index contributed by atoms with van der Waals surface area (Å²) >= 11 is 0. The Bertz CT molecular complexity index is 714. The van der Waals surface area contributed by atoms with Gasteiger partial charge in [0.05, 0.1) is 48.7 Å². The van der Waals surface area contributed by atoms with Crippen LogP contribution in [0.25, 0.3) is 10.9 Å². The largest absolute Gasteiger partial charge is 0.391 e. The quantitative estimate of drug-likeness (QED) is 0.556. The van der Waals surface area contributed by atoms with Crippen LogP contribution in [-0.4, -0.2) is 42.4 Å². The number of nitrogens with one attached hydrogen (secondary N) is 3. The molecule has 1 aromatic carbocycles. The Morgan fingerprint density at radius 1 is 1.05 bits per heavy atom. The van der Waals surface area contributed by atoms with Crippen molar-refractivity contribution >= 4 is 10.9 Å². The van der Waals surface area contributed by atoms with E-state index >= 15 is 0 Å². The summed E-state index contributed by atoms with van der Waals surface area (Å²) in [7, 11) is 0. The van der Waals surface area contributed by atoms with Gasteiger partial charge in [-0.1, -0.05) is 18.2 Å². The van der Waals surface area contributed by atoms with Crippen molar-refractivity contribution in [3.05, 3.63) is 36.0 Å². The minimum Gasteiger partial charge on any atom is -0.391 e. The van der Waals surface area contributed by atoms with Gasteiger partial charge in [-0.25, -0.2) is 0 Å². The van der Waals surface area contributed by atoms with Crippen LogP contribution in [0.2, 0.25) is 0 Å². The smallest absolute Gasteiger partial charge is 0.242 e. The minimum absolute atomic E-state index is 0.0819. The van der Waals surface area contributed by atoms with Crippen molar-refractivity contribution in [2.45, 2.75) is 26.1 Å². The summed E-state index contributed by atoms with van der Waals surface area (Å²) in [6.07, 6.45) is 2.60. The van der Waals surface area contributed by atoms with Gasteiger partial charge in [0.25, 0.3) is 0 Å². The Hall–Kier alpha value is -1.36. The van der Waals surface area contributed by atoms with E-state index in [-0.39, 0.29) is 16.9 Å². The van der Waals surface area contributed by atoms with Crippen LogP contribution in [0, 0.1) is 10.8 Å². The van der Waals surface area contributed by atoms with Crippen molar-refractivity contribution in [3.63, 3.8) is 0 Å². The predicted molar refractivity (Wildman–Crippen MR) is 84.7 cm³/mol. The maximum atomic E-state index is 10.8. The zero-order chi connectivity index (χ0) is 15.1. The molecular formula is C18H25N3O+2. The van der Waals surface area contributed by atoms with Gasteiger partial charge in [-0.2, -0.15) is 0 Å². The molecule has 0 aliphatic carbocycles. The predicted octanol–water partition coefficient (Wildman–Crippen LogP) is -0.649. The first kappa shape index (κ1) is 13.1. The summed E-state index contributed by atoms with van der Waals surface area (Å²) in [6.45, 7) is 8.96. The van der Waals surface area contributed by atoms with E-state index in [0.29, 0.717) is 6.17 Å². The fraction of sp³-hybridized carbons (Fsp3) is 0.556. The van der Waals surface area contributed by atoms with Crippen molar-refractivity contribution < 1.29 is 14.9 Å². The standard InChI is InChI=1S/C18H23N3O/c1-17-8-20-10-18(2,16(17)22)11-21(9-17)15(20)13-7-19-14-6-4-3-5-12(13)14/h3-7,15-16,19,22H,8-11H2,1-2H3/p+2. The van der Waals surface area contributed by atoms with Gasteiger partial charge in [-0.05, 0) is 19.9 Å². The van der Waals surface area contributed by atoms with Crippen LogP contribution >= 0.6 is 0 Å². The first-order valence-electron chi connectivity index (χ1n) is 8.43. The molecule has 0 saturated carbocycles. The molecule has 0 radical (unpaired) electrons. The number of rotatable bonds is 1. The van der Waals surface area contributed by atoms with Crippen LogP contribution < -0.4 is 9.80 Å². The number of hydrogen-bond donors (Lipinski definition) is 4. The summed E-state index contributed by atoms with van der Waals surface area (Å²) < 4.78 is 0. The lowest BCUT2D eigenvalue weighted by Crippen LogP contribution is -3.41. The highest BCUT2D eigenvalue weighted by Crippen LogP contribution is 2.40. The molecule has 1 aromatic heterocycles. The van der Waals surface area contributed by atoms with Crippen LogP contribution in [0.1, 0.15) is 25.6 Å². The topological polar surface area (TPSA) is 44.9 Å². The van der Waals surface area contributed by atoms with E-state index in [1.54, 1.807) is 9.80 Å². The van der Waals surface area contributed by atoms with Gasteiger partial charge in [0.15, 0.2) is 0 Å². The fourth-order valence-electron chi connectivity index (χ4n) is 6.02. The zero-order valence-electron chi connectivity index (χ0n) is 13.3. The monoisotopic (exact) mass is 299 g/mol. The van der Waals surface area contributed by atoms with Gasteiger partial charge < -0.3 is 10.1 Å². The molecule has 0 unspecified atom stereocenters. The molecule has 6 rings (SSSR count). The third-order valence-corrected chi connectivity index (χ3v) is 6.59. The Morgan fingerprint density at radius 3 is 2.27 bits per heavy atom. The van der Waals surface area contributed by atoms with E-state index in [9.17, 15) is 5.11 Å². The summed E-state index contributed by atoms with van der Waals surface area (Å²) in [5, 5.41) is 12.2. The van der Waals surface area contributed by atoms with E-state index < -0.39 is 0 Å². The number of aliphatic hydroxyl groups excluding tert-OH is 1. The summed E-state index contributed by atoms with van der Waals surface area (Å²) in [6, 6.07) is 8.64. The number of aromatic nitrogens is 1. The molecule has 2 aromatic rings. The van der Waals surface area contributed by atoms with E-state index in [0.717, 1.165) is 26.2 Å². The molecule has 4 fully saturated rings. The fourth-order valence-corrected chi connectivity index (χ4v) is 6.02. The molecule has 4 heteroatoms. The summed E-state index contributed by atoms with van der Waals surface area (Å²) in [4.78, 5) is 6.77. The second-order valence-corrected chi connectivity index (χ2v) is 8.46. The Kier molecular flexibility index (Phi) is 2.35. The average molecular weight is 299 g/mol. The number of fused-ring (bicyclic) bond motifs is 1. The molecule has 0 atom stereocenters. The van der Waals surface area contributed by atoms with Crippen molar-refractivity contribution in [3.8, 4) is 0 Å². The van der Waals surface area contributed by atoms with Crippen LogP contribution in [-0.2, 0) is 0 Å². The number of aliphatic hydroxyl groups is 1. The molecule has 4 N–H and O–H groups in total. The highest BCUT2D eigenvalue weighted by molar-refractivity contribution is 5.83.